The third-order valence-electron chi connectivity index (χ3n) is 4.17. The molecule has 2 aromatic carbocycles. The number of ether oxygens (including phenoxy) is 1. The van der Waals surface area contributed by atoms with Gasteiger partial charge in [0.25, 0.3) is 0 Å². The van der Waals surface area contributed by atoms with Crippen LogP contribution in [0.1, 0.15) is 29.7 Å². The van der Waals surface area contributed by atoms with Gasteiger partial charge in [0, 0.05) is 12.1 Å². The number of halogens is 3. The minimum Gasteiger partial charge on any atom is -0.488 e. The Morgan fingerprint density at radius 2 is 1.78 bits per heavy atom. The van der Waals surface area contributed by atoms with E-state index in [9.17, 15) is 13.2 Å². The van der Waals surface area contributed by atoms with E-state index in [1.807, 2.05) is 44.3 Å². The maximum atomic E-state index is 12.8. The molecule has 0 saturated heterocycles. The van der Waals surface area contributed by atoms with Crippen LogP contribution >= 0.6 is 0 Å². The summed E-state index contributed by atoms with van der Waals surface area (Å²) in [5.41, 5.74) is 1.29. The second-order valence-electron chi connectivity index (χ2n) is 5.92. The van der Waals surface area contributed by atoms with E-state index in [0.717, 1.165) is 23.3 Å². The van der Waals surface area contributed by atoms with Crippen molar-refractivity contribution in [2.24, 2.45) is 0 Å². The van der Waals surface area contributed by atoms with Gasteiger partial charge in [0.2, 0.25) is 0 Å². The van der Waals surface area contributed by atoms with Gasteiger partial charge < -0.3 is 4.74 Å². The van der Waals surface area contributed by atoms with Crippen molar-refractivity contribution >= 4 is 0 Å². The summed E-state index contributed by atoms with van der Waals surface area (Å²) in [6, 6.07) is 13.7. The van der Waals surface area contributed by atoms with Crippen LogP contribution in [0, 0.1) is 0 Å². The van der Waals surface area contributed by atoms with Crippen molar-refractivity contribution in [1.82, 2.24) is 4.90 Å². The summed E-state index contributed by atoms with van der Waals surface area (Å²) in [4.78, 5) is 2.11. The third-order valence-corrected chi connectivity index (χ3v) is 4.17. The van der Waals surface area contributed by atoms with Gasteiger partial charge in [-0.3, -0.25) is 4.90 Å². The fourth-order valence-electron chi connectivity index (χ4n) is 3.14. The number of hydrogen-bond acceptors (Lipinski definition) is 2. The molecule has 0 aromatic heterocycles. The van der Waals surface area contributed by atoms with Gasteiger partial charge in [0.15, 0.2) is 0 Å². The largest absolute Gasteiger partial charge is 0.488 e. The molecule has 2 nitrogen and oxygen atoms in total. The Labute approximate surface area is 133 Å². The summed E-state index contributed by atoms with van der Waals surface area (Å²) < 4.78 is 44.2. The molecule has 1 aliphatic rings. The molecule has 0 amide bonds. The lowest BCUT2D eigenvalue weighted by Gasteiger charge is -2.27. The van der Waals surface area contributed by atoms with Crippen molar-refractivity contribution in [3.63, 3.8) is 0 Å². The molecule has 0 spiro atoms. The Balaban J connectivity index is 1.85. The van der Waals surface area contributed by atoms with Crippen molar-refractivity contribution < 1.29 is 17.9 Å². The number of nitrogens with zero attached hydrogens (tertiary/aromatic N) is 1. The Morgan fingerprint density at radius 1 is 1.09 bits per heavy atom. The molecule has 122 valence electrons. The van der Waals surface area contributed by atoms with Crippen LogP contribution in [0.2, 0.25) is 0 Å². The lowest BCUT2D eigenvalue weighted by atomic mass is 10.0. The first kappa shape index (κ1) is 15.9. The van der Waals surface area contributed by atoms with Crippen LogP contribution in [0.4, 0.5) is 13.2 Å². The highest BCUT2D eigenvalue weighted by Crippen LogP contribution is 2.43. The highest BCUT2D eigenvalue weighted by Gasteiger charge is 2.37. The van der Waals surface area contributed by atoms with Crippen LogP contribution in [0.5, 0.6) is 5.75 Å². The Bertz CT molecular complexity index is 684. The van der Waals surface area contributed by atoms with Crippen LogP contribution in [-0.4, -0.2) is 18.1 Å². The first-order valence-corrected chi connectivity index (χ1v) is 7.48. The van der Waals surface area contributed by atoms with Gasteiger partial charge in [-0.2, -0.15) is 13.2 Å². The zero-order valence-electron chi connectivity index (χ0n) is 13.0. The molecule has 0 radical (unpaired) electrons. The number of hydrogen-bond donors (Lipinski definition) is 0. The quantitative estimate of drug-likeness (QED) is 0.815. The molecule has 0 bridgehead atoms. The van der Waals surface area contributed by atoms with Crippen molar-refractivity contribution in [3.8, 4) is 5.75 Å². The maximum absolute atomic E-state index is 12.8. The van der Waals surface area contributed by atoms with Gasteiger partial charge in [0.1, 0.15) is 11.9 Å². The second-order valence-corrected chi connectivity index (χ2v) is 5.92. The average Bonchev–Trinajstić information content (AvgIpc) is 2.82. The molecule has 1 heterocycles. The van der Waals surface area contributed by atoms with E-state index < -0.39 is 11.7 Å². The van der Waals surface area contributed by atoms with Gasteiger partial charge in [0.05, 0.1) is 11.6 Å². The van der Waals surface area contributed by atoms with E-state index in [4.69, 9.17) is 4.74 Å². The van der Waals surface area contributed by atoms with Crippen LogP contribution in [0.15, 0.2) is 48.5 Å². The lowest BCUT2D eigenvalue weighted by Crippen LogP contribution is -2.30. The summed E-state index contributed by atoms with van der Waals surface area (Å²) in [5, 5.41) is 0. The van der Waals surface area contributed by atoms with E-state index >= 15 is 0 Å². The SMILES string of the molecule is CC1Oc2cc(C(F)(F)F)ccc2C1N(C)Cc1ccccc1. The van der Waals surface area contributed by atoms with Gasteiger partial charge in [-0.1, -0.05) is 36.4 Å². The minimum atomic E-state index is -4.35. The third kappa shape index (κ3) is 3.20. The van der Waals surface area contributed by atoms with E-state index in [2.05, 4.69) is 4.90 Å². The van der Waals surface area contributed by atoms with Gasteiger partial charge in [-0.25, -0.2) is 0 Å². The first-order chi connectivity index (χ1) is 10.9. The fourth-order valence-corrected chi connectivity index (χ4v) is 3.14. The number of benzene rings is 2. The molecular formula is C18H18F3NO. The molecule has 2 aromatic rings. The Hall–Kier alpha value is -2.01. The number of fused-ring (bicyclic) bond motifs is 1. The maximum Gasteiger partial charge on any atom is 0.416 e. The van der Waals surface area contributed by atoms with Crippen LogP contribution in [-0.2, 0) is 12.7 Å². The van der Waals surface area contributed by atoms with Crippen LogP contribution in [0.25, 0.3) is 0 Å². The van der Waals surface area contributed by atoms with Crippen molar-refractivity contribution in [3.05, 3.63) is 65.2 Å². The average molecular weight is 321 g/mol. The monoisotopic (exact) mass is 321 g/mol. The van der Waals surface area contributed by atoms with E-state index in [0.29, 0.717) is 12.3 Å². The second kappa shape index (κ2) is 5.89. The summed E-state index contributed by atoms with van der Waals surface area (Å²) in [6.07, 6.45) is -4.54. The summed E-state index contributed by atoms with van der Waals surface area (Å²) in [6.45, 7) is 2.60. The lowest BCUT2D eigenvalue weighted by molar-refractivity contribution is -0.137. The number of alkyl halides is 3. The smallest absolute Gasteiger partial charge is 0.416 e. The fraction of sp³-hybridized carbons (Fsp3) is 0.333. The summed E-state index contributed by atoms with van der Waals surface area (Å²) >= 11 is 0. The molecule has 0 aliphatic carbocycles. The van der Waals surface area contributed by atoms with E-state index in [-0.39, 0.29) is 12.1 Å². The minimum absolute atomic E-state index is 0.0625. The highest BCUT2D eigenvalue weighted by molar-refractivity contribution is 5.44. The van der Waals surface area contributed by atoms with E-state index in [1.165, 1.54) is 6.07 Å². The Kier molecular flexibility index (Phi) is 4.06. The molecule has 23 heavy (non-hydrogen) atoms. The number of rotatable bonds is 3. The van der Waals surface area contributed by atoms with Crippen LogP contribution in [0.3, 0.4) is 0 Å². The standard InChI is InChI=1S/C18H18F3NO/c1-12-17(22(2)11-13-6-4-3-5-7-13)15-9-8-14(18(19,20)21)10-16(15)23-12/h3-10,12,17H,11H2,1-2H3. The molecule has 0 saturated carbocycles. The molecule has 2 unspecified atom stereocenters. The molecule has 5 heteroatoms. The van der Waals surface area contributed by atoms with Gasteiger partial charge in [-0.05, 0) is 31.7 Å². The van der Waals surface area contributed by atoms with Crippen molar-refractivity contribution in [1.29, 1.82) is 0 Å². The number of likely N-dealkylation sites (N-methyl/N-ethyl adjacent to an activating group) is 1. The molecule has 0 N–H and O–H groups in total. The molecule has 3 rings (SSSR count). The predicted molar refractivity (Wildman–Crippen MR) is 82.2 cm³/mol. The zero-order valence-corrected chi connectivity index (χ0v) is 13.0. The predicted octanol–water partition coefficient (Wildman–Crippen LogP) is 4.66. The molecule has 2 atom stereocenters. The molecular weight excluding hydrogens is 303 g/mol. The highest BCUT2D eigenvalue weighted by atomic mass is 19.4. The Morgan fingerprint density at radius 3 is 2.43 bits per heavy atom. The molecule has 0 fully saturated rings. The van der Waals surface area contributed by atoms with Crippen molar-refractivity contribution in [2.75, 3.05) is 7.05 Å². The zero-order chi connectivity index (χ0) is 16.6. The summed E-state index contributed by atoms with van der Waals surface area (Å²) in [5.74, 6) is 0.331. The van der Waals surface area contributed by atoms with Crippen molar-refractivity contribution in [2.45, 2.75) is 31.8 Å². The van der Waals surface area contributed by atoms with Crippen LogP contribution < -0.4 is 4.74 Å². The summed E-state index contributed by atoms with van der Waals surface area (Å²) in [7, 11) is 1.96. The van der Waals surface area contributed by atoms with Gasteiger partial charge >= 0.3 is 6.18 Å². The van der Waals surface area contributed by atoms with E-state index in [1.54, 1.807) is 0 Å². The normalized spacial score (nSPS) is 20.4. The first-order valence-electron chi connectivity index (χ1n) is 7.48. The van der Waals surface area contributed by atoms with Gasteiger partial charge in [-0.15, -0.1) is 0 Å². The topological polar surface area (TPSA) is 12.5 Å². The molecule has 1 aliphatic heterocycles.